The van der Waals surface area contributed by atoms with Gasteiger partial charge in [0.2, 0.25) is 0 Å². The van der Waals surface area contributed by atoms with Gasteiger partial charge >= 0.3 is 5.97 Å². The number of rotatable bonds is 5. The third-order valence-electron chi connectivity index (χ3n) is 14.7. The molecule has 0 aromatic heterocycles. The minimum Gasteiger partial charge on any atom is -0.462 e. The van der Waals surface area contributed by atoms with E-state index in [1.54, 1.807) is 6.92 Å². The molecule has 5 saturated carbocycles. The Kier molecular flexibility index (Phi) is 7.40. The van der Waals surface area contributed by atoms with Gasteiger partial charge in [-0.1, -0.05) is 48.5 Å². The van der Waals surface area contributed by atoms with E-state index in [9.17, 15) is 4.79 Å². The Bertz CT molecular complexity index is 954. The number of esters is 1. The van der Waals surface area contributed by atoms with Crippen LogP contribution in [0.1, 0.15) is 120 Å². The first-order valence-corrected chi connectivity index (χ1v) is 20.1. The molecule has 3 nitrogen and oxygen atoms in total. The summed E-state index contributed by atoms with van der Waals surface area (Å²) in [5, 5.41) is 0. The molecule has 0 N–H and O–H groups in total. The second-order valence-electron chi connectivity index (χ2n) is 17.9. The van der Waals surface area contributed by atoms with E-state index in [1.807, 2.05) is 0 Å². The Hall–Kier alpha value is -0.353. The number of hydrogen-bond donors (Lipinski definition) is 0. The van der Waals surface area contributed by atoms with Gasteiger partial charge < -0.3 is 9.16 Å². The van der Waals surface area contributed by atoms with Crippen LogP contribution in [0.2, 0.25) is 19.6 Å². The first kappa shape index (κ1) is 30.1. The van der Waals surface area contributed by atoms with Crippen LogP contribution in [0, 0.1) is 62.6 Å². The van der Waals surface area contributed by atoms with Crippen LogP contribution in [0.4, 0.5) is 0 Å². The summed E-state index contributed by atoms with van der Waals surface area (Å²) in [4.78, 5) is 12.0. The lowest BCUT2D eigenvalue weighted by atomic mass is 9.32. The van der Waals surface area contributed by atoms with Crippen molar-refractivity contribution in [3.63, 3.8) is 0 Å². The quantitative estimate of drug-likeness (QED) is 0.249. The van der Waals surface area contributed by atoms with Gasteiger partial charge in [0, 0.05) is 18.9 Å². The maximum Gasteiger partial charge on any atom is 0.302 e. The van der Waals surface area contributed by atoms with Gasteiger partial charge in [0.05, 0.1) is 0 Å². The Morgan fingerprint density at radius 1 is 0.821 bits per heavy atom. The molecule has 0 aromatic rings. The molecule has 0 amide bonds. The molecule has 0 saturated heterocycles. The third kappa shape index (κ3) is 4.54. The molecule has 0 bridgehead atoms. The standard InChI is InChI=1S/C35H62O3Si/c1-23(22-37-39(9,10)11)25-14-17-32(5)20-21-34(7)26(30(25)32)12-13-28-33(6)18-16-29(38-24(2)36)31(3,4)27(33)15-19-35(28,34)8/h23,25-30H,12-22H2,1-11H3/t23-,25-,26?,27?,28?,29-,30?,32+,33-,34+,35+/m0/s1. The zero-order valence-electron chi connectivity index (χ0n) is 27.5. The minimum atomic E-state index is -1.50. The van der Waals surface area contributed by atoms with Crippen LogP contribution < -0.4 is 0 Å². The predicted octanol–water partition coefficient (Wildman–Crippen LogP) is 9.51. The number of fused-ring (bicyclic) bond motifs is 7. The van der Waals surface area contributed by atoms with Gasteiger partial charge in [0.25, 0.3) is 0 Å². The number of carbonyl (C=O) groups is 1. The monoisotopic (exact) mass is 558 g/mol. The molecule has 5 rings (SSSR count). The Morgan fingerprint density at radius 2 is 1.51 bits per heavy atom. The summed E-state index contributed by atoms with van der Waals surface area (Å²) < 4.78 is 12.5. The van der Waals surface area contributed by atoms with E-state index in [-0.39, 0.29) is 17.5 Å². The van der Waals surface area contributed by atoms with Crippen LogP contribution in [-0.4, -0.2) is 27.0 Å². The predicted molar refractivity (Wildman–Crippen MR) is 164 cm³/mol. The molecule has 0 aliphatic heterocycles. The number of hydrogen-bond acceptors (Lipinski definition) is 3. The molecule has 224 valence electrons. The molecule has 0 spiro atoms. The molecule has 11 atom stereocenters. The zero-order valence-corrected chi connectivity index (χ0v) is 28.5. The first-order valence-electron chi connectivity index (χ1n) is 16.7. The molecule has 39 heavy (non-hydrogen) atoms. The molecule has 4 unspecified atom stereocenters. The van der Waals surface area contributed by atoms with E-state index < -0.39 is 8.32 Å². The summed E-state index contributed by atoms with van der Waals surface area (Å²) >= 11 is 0. The van der Waals surface area contributed by atoms with Crippen molar-refractivity contribution in [1.29, 1.82) is 0 Å². The highest BCUT2D eigenvalue weighted by molar-refractivity contribution is 6.69. The third-order valence-corrected chi connectivity index (χ3v) is 15.7. The second-order valence-corrected chi connectivity index (χ2v) is 22.4. The van der Waals surface area contributed by atoms with Crippen molar-refractivity contribution < 1.29 is 14.0 Å². The topological polar surface area (TPSA) is 35.5 Å². The lowest BCUT2D eigenvalue weighted by Gasteiger charge is -2.73. The molecular formula is C35H62O3Si. The van der Waals surface area contributed by atoms with Crippen molar-refractivity contribution in [3.8, 4) is 0 Å². The largest absolute Gasteiger partial charge is 0.462 e. The van der Waals surface area contributed by atoms with Crippen LogP contribution in [0.3, 0.4) is 0 Å². The van der Waals surface area contributed by atoms with E-state index in [0.717, 1.165) is 36.7 Å². The van der Waals surface area contributed by atoms with E-state index in [0.29, 0.717) is 33.5 Å². The molecule has 5 aliphatic carbocycles. The van der Waals surface area contributed by atoms with Crippen molar-refractivity contribution in [2.75, 3.05) is 6.61 Å². The summed E-state index contributed by atoms with van der Waals surface area (Å²) in [7, 11) is -1.50. The van der Waals surface area contributed by atoms with Crippen molar-refractivity contribution in [2.45, 2.75) is 145 Å². The van der Waals surface area contributed by atoms with Crippen LogP contribution in [0.5, 0.6) is 0 Å². The van der Waals surface area contributed by atoms with Gasteiger partial charge in [-0.15, -0.1) is 0 Å². The summed E-state index contributed by atoms with van der Waals surface area (Å²) in [6, 6.07) is 0. The Morgan fingerprint density at radius 3 is 2.15 bits per heavy atom. The van der Waals surface area contributed by atoms with Gasteiger partial charge in [-0.3, -0.25) is 4.79 Å². The van der Waals surface area contributed by atoms with Crippen molar-refractivity contribution in [1.82, 2.24) is 0 Å². The van der Waals surface area contributed by atoms with E-state index in [4.69, 9.17) is 9.16 Å². The maximum absolute atomic E-state index is 12.0. The normalized spacial score (nSPS) is 49.7. The fourth-order valence-electron chi connectivity index (χ4n) is 12.5. The molecule has 0 radical (unpaired) electrons. The molecule has 5 fully saturated rings. The van der Waals surface area contributed by atoms with Crippen LogP contribution >= 0.6 is 0 Å². The number of ether oxygens (including phenoxy) is 1. The van der Waals surface area contributed by atoms with Crippen molar-refractivity contribution >= 4 is 14.3 Å². The van der Waals surface area contributed by atoms with E-state index >= 15 is 0 Å². The van der Waals surface area contributed by atoms with Gasteiger partial charge in [-0.2, -0.15) is 0 Å². The Labute approximate surface area is 242 Å². The molecule has 0 heterocycles. The Balaban J connectivity index is 1.44. The maximum atomic E-state index is 12.0. The lowest BCUT2D eigenvalue weighted by Crippen LogP contribution is -2.66. The summed E-state index contributed by atoms with van der Waals surface area (Å²) in [5.74, 6) is 4.50. The summed E-state index contributed by atoms with van der Waals surface area (Å²) in [6.45, 7) is 27.8. The van der Waals surface area contributed by atoms with E-state index in [2.05, 4.69) is 68.1 Å². The fraction of sp³-hybridized carbons (Fsp3) is 0.971. The smallest absolute Gasteiger partial charge is 0.302 e. The molecular weight excluding hydrogens is 496 g/mol. The van der Waals surface area contributed by atoms with Gasteiger partial charge in [0.15, 0.2) is 8.32 Å². The van der Waals surface area contributed by atoms with Crippen LogP contribution in [-0.2, 0) is 14.0 Å². The highest BCUT2D eigenvalue weighted by Crippen LogP contribution is 2.77. The second kappa shape index (κ2) is 9.58. The van der Waals surface area contributed by atoms with Crippen LogP contribution in [0.15, 0.2) is 0 Å². The first-order chi connectivity index (χ1) is 17.9. The lowest BCUT2D eigenvalue weighted by molar-refractivity contribution is -0.250. The summed E-state index contributed by atoms with van der Waals surface area (Å²) in [6.07, 6.45) is 13.5. The van der Waals surface area contributed by atoms with E-state index in [1.165, 1.54) is 57.8 Å². The number of carbonyl (C=O) groups excluding carboxylic acids is 1. The highest BCUT2D eigenvalue weighted by atomic mass is 28.4. The average Bonchev–Trinajstić information content (AvgIpc) is 3.17. The molecule has 4 heteroatoms. The van der Waals surface area contributed by atoms with Crippen LogP contribution in [0.25, 0.3) is 0 Å². The van der Waals surface area contributed by atoms with Gasteiger partial charge in [-0.25, -0.2) is 0 Å². The fourth-order valence-corrected chi connectivity index (χ4v) is 13.3. The highest BCUT2D eigenvalue weighted by Gasteiger charge is 2.70. The minimum absolute atomic E-state index is 0.0469. The molecule has 5 aliphatic rings. The van der Waals surface area contributed by atoms with Crippen molar-refractivity contribution in [3.05, 3.63) is 0 Å². The summed E-state index contributed by atoms with van der Waals surface area (Å²) in [5.41, 5.74) is 1.74. The zero-order chi connectivity index (χ0) is 28.8. The van der Waals surface area contributed by atoms with Crippen molar-refractivity contribution in [2.24, 2.45) is 62.6 Å². The SMILES string of the molecule is CC(=O)O[C@H]1CC[C@@]2(C)C(CC[C@]3(C)C2CCC2C4[C@H]([C@@H](C)CO[Si](C)(C)C)CC[C@]4(C)CC[C@]23C)C1(C)C. The van der Waals surface area contributed by atoms with Gasteiger partial charge in [-0.05, 0) is 141 Å². The average molecular weight is 559 g/mol. The molecule has 0 aromatic carbocycles. The van der Waals surface area contributed by atoms with Gasteiger partial charge in [0.1, 0.15) is 6.10 Å².